The Balaban J connectivity index is 1.63. The van der Waals surface area contributed by atoms with Crippen molar-refractivity contribution in [1.29, 1.82) is 0 Å². The average molecular weight is 345 g/mol. The second-order valence-electron chi connectivity index (χ2n) is 5.97. The third kappa shape index (κ3) is 3.30. The molecule has 1 saturated heterocycles. The summed E-state index contributed by atoms with van der Waals surface area (Å²) in [6, 6.07) is 6.19. The molecule has 3 aromatic rings. The van der Waals surface area contributed by atoms with E-state index in [0.29, 0.717) is 24.3 Å². The lowest BCUT2D eigenvalue weighted by Crippen LogP contribution is -2.18. The summed E-state index contributed by atoms with van der Waals surface area (Å²) < 4.78 is 34.7. The third-order valence-corrected chi connectivity index (χ3v) is 4.21. The fourth-order valence-corrected chi connectivity index (χ4v) is 3.00. The number of nitrogens with zero attached hydrogens (tertiary/aromatic N) is 4. The van der Waals surface area contributed by atoms with Crippen LogP contribution >= 0.6 is 0 Å². The average Bonchev–Trinajstić information content (AvgIpc) is 3.04. The van der Waals surface area contributed by atoms with Gasteiger partial charge in [0.1, 0.15) is 12.0 Å². The number of fused-ring (bicyclic) bond motifs is 1. The maximum absolute atomic E-state index is 13.9. The van der Waals surface area contributed by atoms with E-state index in [2.05, 4.69) is 20.3 Å². The molecule has 1 aliphatic heterocycles. The number of nitrogens with one attached hydrogen (secondary N) is 1. The number of hydrogen-bond acceptors (Lipinski definition) is 5. The van der Waals surface area contributed by atoms with Gasteiger partial charge in [-0.05, 0) is 37.0 Å². The Morgan fingerprint density at radius 2 is 2.16 bits per heavy atom. The van der Waals surface area contributed by atoms with E-state index in [0.717, 1.165) is 24.8 Å². The van der Waals surface area contributed by atoms with Gasteiger partial charge in [0.25, 0.3) is 0 Å². The topological polar surface area (TPSA) is 64.9 Å². The van der Waals surface area contributed by atoms with Crippen molar-refractivity contribution in [3.63, 3.8) is 0 Å². The van der Waals surface area contributed by atoms with Crippen LogP contribution in [-0.2, 0) is 11.3 Å². The molecule has 3 heterocycles. The number of imidazole rings is 1. The van der Waals surface area contributed by atoms with Gasteiger partial charge >= 0.3 is 6.08 Å². The van der Waals surface area contributed by atoms with Gasteiger partial charge in [-0.1, -0.05) is 12.1 Å². The lowest BCUT2D eigenvalue weighted by Gasteiger charge is -2.23. The molecule has 1 aromatic carbocycles. The lowest BCUT2D eigenvalue weighted by atomic mass is 10.2. The fraction of sp³-hybridized carbons (Fsp3) is 0.353. The first-order valence-electron chi connectivity index (χ1n) is 8.21. The van der Waals surface area contributed by atoms with Gasteiger partial charge in [-0.15, -0.1) is 0 Å². The van der Waals surface area contributed by atoms with E-state index in [-0.39, 0.29) is 17.9 Å². The van der Waals surface area contributed by atoms with Crippen molar-refractivity contribution in [1.82, 2.24) is 19.5 Å². The van der Waals surface area contributed by atoms with Gasteiger partial charge in [0.2, 0.25) is 0 Å². The SMILES string of the molecule is Fc1cccc(CNc2nc(F)nc3c2ncn3C2CCCCO2)c1. The summed E-state index contributed by atoms with van der Waals surface area (Å²) in [5.74, 6) is -0.0432. The molecule has 1 fully saturated rings. The summed E-state index contributed by atoms with van der Waals surface area (Å²) in [5, 5.41) is 3.01. The molecular formula is C17H17F2N5O. The summed E-state index contributed by atoms with van der Waals surface area (Å²) in [7, 11) is 0. The molecular weight excluding hydrogens is 328 g/mol. The number of rotatable bonds is 4. The number of ether oxygens (including phenoxy) is 1. The first-order chi connectivity index (χ1) is 12.2. The first-order valence-corrected chi connectivity index (χ1v) is 8.21. The predicted octanol–water partition coefficient (Wildman–Crippen LogP) is 3.42. The Bertz CT molecular complexity index is 892. The van der Waals surface area contributed by atoms with Crippen molar-refractivity contribution in [2.24, 2.45) is 0 Å². The molecule has 0 spiro atoms. The summed E-state index contributed by atoms with van der Waals surface area (Å²) in [5.41, 5.74) is 1.58. The molecule has 2 aromatic heterocycles. The Morgan fingerprint density at radius 3 is 2.96 bits per heavy atom. The summed E-state index contributed by atoms with van der Waals surface area (Å²) in [6.07, 6.45) is 3.47. The van der Waals surface area contributed by atoms with Crippen LogP contribution in [0.2, 0.25) is 0 Å². The Kier molecular flexibility index (Phi) is 4.27. The Morgan fingerprint density at radius 1 is 1.24 bits per heavy atom. The number of hydrogen-bond donors (Lipinski definition) is 1. The van der Waals surface area contributed by atoms with Gasteiger partial charge in [0, 0.05) is 13.2 Å². The van der Waals surface area contributed by atoms with Crippen LogP contribution in [-0.4, -0.2) is 26.1 Å². The molecule has 4 rings (SSSR count). The summed E-state index contributed by atoms with van der Waals surface area (Å²) in [6.45, 7) is 0.971. The molecule has 130 valence electrons. The fourth-order valence-electron chi connectivity index (χ4n) is 3.00. The molecule has 6 nitrogen and oxygen atoms in total. The zero-order valence-electron chi connectivity index (χ0n) is 13.5. The van der Waals surface area contributed by atoms with Gasteiger partial charge in [-0.2, -0.15) is 14.4 Å². The van der Waals surface area contributed by atoms with E-state index in [1.54, 1.807) is 23.0 Å². The molecule has 25 heavy (non-hydrogen) atoms. The van der Waals surface area contributed by atoms with Crippen LogP contribution in [0, 0.1) is 11.9 Å². The monoisotopic (exact) mass is 345 g/mol. The van der Waals surface area contributed by atoms with E-state index in [1.807, 2.05) is 0 Å². The second-order valence-corrected chi connectivity index (χ2v) is 5.97. The number of anilines is 1. The molecule has 1 atom stereocenters. The number of aromatic nitrogens is 4. The highest BCUT2D eigenvalue weighted by atomic mass is 19.1. The van der Waals surface area contributed by atoms with Crippen LogP contribution in [0.25, 0.3) is 11.2 Å². The maximum atomic E-state index is 13.9. The minimum absolute atomic E-state index is 0.191. The number of halogens is 2. The number of benzene rings is 1. The van der Waals surface area contributed by atoms with Crippen molar-refractivity contribution in [2.45, 2.75) is 32.0 Å². The van der Waals surface area contributed by atoms with Gasteiger partial charge in [0.15, 0.2) is 17.0 Å². The highest BCUT2D eigenvalue weighted by molar-refractivity contribution is 5.82. The lowest BCUT2D eigenvalue weighted by molar-refractivity contribution is -0.0298. The second kappa shape index (κ2) is 6.72. The molecule has 0 amide bonds. The molecule has 1 N–H and O–H groups in total. The van der Waals surface area contributed by atoms with Crippen molar-refractivity contribution in [2.75, 3.05) is 11.9 Å². The molecule has 0 bridgehead atoms. The maximum Gasteiger partial charge on any atom is 0.312 e. The predicted molar refractivity (Wildman–Crippen MR) is 87.8 cm³/mol. The summed E-state index contributed by atoms with van der Waals surface area (Å²) >= 11 is 0. The highest BCUT2D eigenvalue weighted by Gasteiger charge is 2.21. The van der Waals surface area contributed by atoms with E-state index < -0.39 is 6.08 Å². The minimum atomic E-state index is -0.841. The van der Waals surface area contributed by atoms with E-state index >= 15 is 0 Å². The standard InChI is InChI=1S/C17H17F2N5O/c18-12-5-3-4-11(8-12)9-20-15-14-16(23-17(19)22-15)24(10-21-14)13-6-1-2-7-25-13/h3-5,8,10,13H,1-2,6-7,9H2,(H,20,22,23). The van der Waals surface area contributed by atoms with Gasteiger partial charge in [-0.3, -0.25) is 4.57 Å². The van der Waals surface area contributed by atoms with Gasteiger partial charge < -0.3 is 10.1 Å². The van der Waals surface area contributed by atoms with E-state index in [1.165, 1.54) is 12.1 Å². The molecule has 1 unspecified atom stereocenters. The van der Waals surface area contributed by atoms with Crippen LogP contribution in [0.4, 0.5) is 14.6 Å². The first kappa shape index (κ1) is 15.9. The van der Waals surface area contributed by atoms with Crippen molar-refractivity contribution >= 4 is 17.0 Å². The van der Waals surface area contributed by atoms with E-state index in [9.17, 15) is 8.78 Å². The van der Waals surface area contributed by atoms with Crippen LogP contribution in [0.3, 0.4) is 0 Å². The zero-order chi connectivity index (χ0) is 17.2. The van der Waals surface area contributed by atoms with Crippen LogP contribution in [0.1, 0.15) is 31.1 Å². The molecule has 0 saturated carbocycles. The zero-order valence-corrected chi connectivity index (χ0v) is 13.5. The van der Waals surface area contributed by atoms with Gasteiger partial charge in [0.05, 0.1) is 6.33 Å². The Labute approximate surface area is 142 Å². The van der Waals surface area contributed by atoms with Crippen LogP contribution in [0.15, 0.2) is 30.6 Å². The van der Waals surface area contributed by atoms with Gasteiger partial charge in [-0.25, -0.2) is 9.37 Å². The van der Waals surface area contributed by atoms with Crippen molar-refractivity contribution in [3.8, 4) is 0 Å². The van der Waals surface area contributed by atoms with Crippen molar-refractivity contribution < 1.29 is 13.5 Å². The van der Waals surface area contributed by atoms with Crippen molar-refractivity contribution in [3.05, 3.63) is 48.1 Å². The smallest absolute Gasteiger partial charge is 0.312 e. The quantitative estimate of drug-likeness (QED) is 0.734. The highest BCUT2D eigenvalue weighted by Crippen LogP contribution is 2.27. The van der Waals surface area contributed by atoms with Crippen LogP contribution in [0.5, 0.6) is 0 Å². The summed E-state index contributed by atoms with van der Waals surface area (Å²) in [4.78, 5) is 12.0. The molecule has 1 aliphatic rings. The van der Waals surface area contributed by atoms with E-state index in [4.69, 9.17) is 4.74 Å². The molecule has 0 radical (unpaired) electrons. The minimum Gasteiger partial charge on any atom is -0.364 e. The Hall–Kier alpha value is -2.61. The normalized spacial score (nSPS) is 17.8. The third-order valence-electron chi connectivity index (χ3n) is 4.21. The van der Waals surface area contributed by atoms with Crippen LogP contribution < -0.4 is 5.32 Å². The molecule has 8 heteroatoms. The molecule has 0 aliphatic carbocycles. The largest absolute Gasteiger partial charge is 0.364 e.